The fourth-order valence-corrected chi connectivity index (χ4v) is 2.47. The third-order valence-electron chi connectivity index (χ3n) is 3.73. The van der Waals surface area contributed by atoms with Gasteiger partial charge < -0.3 is 18.6 Å². The molecule has 0 fully saturated rings. The number of rotatable bonds is 7. The van der Waals surface area contributed by atoms with E-state index in [1.807, 2.05) is 25.1 Å². The van der Waals surface area contributed by atoms with E-state index in [0.717, 1.165) is 5.39 Å². The number of fused-ring (bicyclic) bond motifs is 1. The SMILES string of the molecule is CCOc1ccc(C(=O)OCC(=O)c2cc3ccccc3o2)cc1OC. The highest BCUT2D eigenvalue weighted by atomic mass is 16.5. The van der Waals surface area contributed by atoms with Gasteiger partial charge in [-0.1, -0.05) is 18.2 Å². The zero-order valence-electron chi connectivity index (χ0n) is 14.5. The Morgan fingerprint density at radius 3 is 2.58 bits per heavy atom. The highest BCUT2D eigenvalue weighted by molar-refractivity contribution is 6.00. The van der Waals surface area contributed by atoms with Crippen LogP contribution in [-0.4, -0.2) is 32.1 Å². The molecule has 0 bridgehead atoms. The summed E-state index contributed by atoms with van der Waals surface area (Å²) in [6.45, 7) is 1.92. The summed E-state index contributed by atoms with van der Waals surface area (Å²) in [7, 11) is 1.48. The fourth-order valence-electron chi connectivity index (χ4n) is 2.47. The zero-order chi connectivity index (χ0) is 18.5. The largest absolute Gasteiger partial charge is 0.493 e. The first-order chi connectivity index (χ1) is 12.6. The van der Waals surface area contributed by atoms with Gasteiger partial charge in [0.1, 0.15) is 5.58 Å². The van der Waals surface area contributed by atoms with Crippen molar-refractivity contribution in [2.45, 2.75) is 6.92 Å². The number of hydrogen-bond acceptors (Lipinski definition) is 6. The molecule has 0 radical (unpaired) electrons. The Morgan fingerprint density at radius 2 is 1.85 bits per heavy atom. The Hall–Kier alpha value is -3.28. The maximum atomic E-state index is 12.2. The minimum atomic E-state index is -0.629. The molecule has 1 heterocycles. The van der Waals surface area contributed by atoms with E-state index in [9.17, 15) is 9.59 Å². The summed E-state index contributed by atoms with van der Waals surface area (Å²) in [4.78, 5) is 24.4. The van der Waals surface area contributed by atoms with Crippen molar-refractivity contribution in [2.24, 2.45) is 0 Å². The van der Waals surface area contributed by atoms with E-state index in [1.54, 1.807) is 24.3 Å². The summed E-state index contributed by atoms with van der Waals surface area (Å²) >= 11 is 0. The van der Waals surface area contributed by atoms with Gasteiger partial charge in [-0.15, -0.1) is 0 Å². The minimum Gasteiger partial charge on any atom is -0.493 e. The molecule has 0 N–H and O–H groups in total. The van der Waals surface area contributed by atoms with Gasteiger partial charge in [0, 0.05) is 5.39 Å². The van der Waals surface area contributed by atoms with Crippen molar-refractivity contribution in [3.63, 3.8) is 0 Å². The number of carbonyl (C=O) groups is 2. The Bertz CT molecular complexity index is 907. The van der Waals surface area contributed by atoms with Crippen LogP contribution in [0.15, 0.2) is 52.9 Å². The standard InChI is InChI=1S/C20H18O6/c1-3-24-17-9-8-14(11-19(17)23-2)20(22)25-12-15(21)18-10-13-6-4-5-7-16(13)26-18/h4-11H,3,12H2,1-2H3. The number of methoxy groups -OCH3 is 1. The number of carbonyl (C=O) groups excluding carboxylic acids is 2. The molecule has 6 heteroatoms. The van der Waals surface area contributed by atoms with Crippen LogP contribution >= 0.6 is 0 Å². The lowest BCUT2D eigenvalue weighted by atomic mass is 10.2. The summed E-state index contributed by atoms with van der Waals surface area (Å²) in [5.41, 5.74) is 0.876. The number of hydrogen-bond donors (Lipinski definition) is 0. The predicted octanol–water partition coefficient (Wildman–Crippen LogP) is 3.88. The Morgan fingerprint density at radius 1 is 1.04 bits per heavy atom. The predicted molar refractivity (Wildman–Crippen MR) is 95.0 cm³/mol. The van der Waals surface area contributed by atoms with Gasteiger partial charge in [-0.2, -0.15) is 0 Å². The van der Waals surface area contributed by atoms with Gasteiger partial charge in [-0.05, 0) is 37.3 Å². The van der Waals surface area contributed by atoms with Gasteiger partial charge in [0.2, 0.25) is 5.78 Å². The normalized spacial score (nSPS) is 10.5. The third kappa shape index (κ3) is 3.69. The summed E-state index contributed by atoms with van der Waals surface area (Å²) in [6.07, 6.45) is 0. The van der Waals surface area contributed by atoms with Crippen LogP contribution in [0, 0.1) is 0 Å². The fraction of sp³-hybridized carbons (Fsp3) is 0.200. The molecule has 0 aliphatic carbocycles. The number of esters is 1. The lowest BCUT2D eigenvalue weighted by Gasteiger charge is -2.10. The molecule has 2 aromatic carbocycles. The molecule has 0 amide bonds. The molecule has 6 nitrogen and oxygen atoms in total. The number of ether oxygens (including phenoxy) is 3. The summed E-state index contributed by atoms with van der Waals surface area (Å²) in [5, 5.41) is 0.818. The number of para-hydroxylation sites is 1. The monoisotopic (exact) mass is 354 g/mol. The van der Waals surface area contributed by atoms with E-state index in [1.165, 1.54) is 13.2 Å². The molecule has 26 heavy (non-hydrogen) atoms. The van der Waals surface area contributed by atoms with Crippen molar-refractivity contribution in [1.29, 1.82) is 0 Å². The van der Waals surface area contributed by atoms with Crippen molar-refractivity contribution < 1.29 is 28.2 Å². The topological polar surface area (TPSA) is 75.0 Å². The number of benzene rings is 2. The van der Waals surface area contributed by atoms with Crippen LogP contribution in [0.25, 0.3) is 11.0 Å². The van der Waals surface area contributed by atoms with Gasteiger partial charge in [0.15, 0.2) is 23.9 Å². The molecule has 134 valence electrons. The highest BCUT2D eigenvalue weighted by Gasteiger charge is 2.17. The molecule has 0 saturated heterocycles. The molecule has 0 aliphatic heterocycles. The van der Waals surface area contributed by atoms with E-state index >= 15 is 0 Å². The molecule has 0 atom stereocenters. The second kappa shape index (κ2) is 7.74. The van der Waals surface area contributed by atoms with E-state index in [4.69, 9.17) is 18.6 Å². The second-order valence-electron chi connectivity index (χ2n) is 5.45. The molecule has 3 rings (SSSR count). The molecule has 0 unspecified atom stereocenters. The Kier molecular flexibility index (Phi) is 5.22. The van der Waals surface area contributed by atoms with Gasteiger partial charge in [0.05, 0.1) is 19.3 Å². The lowest BCUT2D eigenvalue weighted by molar-refractivity contribution is 0.0468. The van der Waals surface area contributed by atoms with Crippen molar-refractivity contribution >= 4 is 22.7 Å². The molecule has 0 spiro atoms. The Balaban J connectivity index is 1.67. The molecule has 0 saturated carbocycles. The number of ketones is 1. The van der Waals surface area contributed by atoms with Crippen molar-refractivity contribution in [1.82, 2.24) is 0 Å². The van der Waals surface area contributed by atoms with Gasteiger partial charge >= 0.3 is 5.97 Å². The first-order valence-electron chi connectivity index (χ1n) is 8.12. The minimum absolute atomic E-state index is 0.156. The van der Waals surface area contributed by atoms with Crippen molar-refractivity contribution in [2.75, 3.05) is 20.3 Å². The quantitative estimate of drug-likeness (QED) is 0.473. The van der Waals surface area contributed by atoms with Gasteiger partial charge in [0.25, 0.3) is 0 Å². The smallest absolute Gasteiger partial charge is 0.338 e. The second-order valence-corrected chi connectivity index (χ2v) is 5.45. The maximum absolute atomic E-state index is 12.2. The first-order valence-corrected chi connectivity index (χ1v) is 8.12. The third-order valence-corrected chi connectivity index (χ3v) is 3.73. The lowest BCUT2D eigenvalue weighted by Crippen LogP contribution is -2.14. The Labute approximate surface area is 150 Å². The molecular formula is C20H18O6. The van der Waals surface area contributed by atoms with E-state index in [0.29, 0.717) is 23.7 Å². The van der Waals surface area contributed by atoms with E-state index < -0.39 is 18.4 Å². The number of furan rings is 1. The average molecular weight is 354 g/mol. The summed E-state index contributed by atoms with van der Waals surface area (Å²) < 4.78 is 21.2. The van der Waals surface area contributed by atoms with E-state index in [-0.39, 0.29) is 11.3 Å². The van der Waals surface area contributed by atoms with Crippen LogP contribution in [0.5, 0.6) is 11.5 Å². The number of Topliss-reactive ketones (excluding diaryl/α,β-unsaturated/α-hetero) is 1. The zero-order valence-corrected chi connectivity index (χ0v) is 14.5. The van der Waals surface area contributed by atoms with Crippen LogP contribution in [0.3, 0.4) is 0 Å². The summed E-state index contributed by atoms with van der Waals surface area (Å²) in [6, 6.07) is 13.6. The maximum Gasteiger partial charge on any atom is 0.338 e. The molecule has 0 aliphatic rings. The molecule has 1 aromatic heterocycles. The average Bonchev–Trinajstić information content (AvgIpc) is 3.10. The molecule has 3 aromatic rings. The van der Waals surface area contributed by atoms with E-state index in [2.05, 4.69) is 0 Å². The summed E-state index contributed by atoms with van der Waals surface area (Å²) in [5.74, 6) is 0.0707. The van der Waals surface area contributed by atoms with Gasteiger partial charge in [-0.3, -0.25) is 4.79 Å². The van der Waals surface area contributed by atoms with Crippen LogP contribution < -0.4 is 9.47 Å². The van der Waals surface area contributed by atoms with Crippen LogP contribution in [0.2, 0.25) is 0 Å². The van der Waals surface area contributed by atoms with Crippen molar-refractivity contribution in [3.05, 3.63) is 59.9 Å². The van der Waals surface area contributed by atoms with Crippen LogP contribution in [-0.2, 0) is 4.74 Å². The molecular weight excluding hydrogens is 336 g/mol. The first kappa shape index (κ1) is 17.5. The van der Waals surface area contributed by atoms with Crippen molar-refractivity contribution in [3.8, 4) is 11.5 Å². The highest BCUT2D eigenvalue weighted by Crippen LogP contribution is 2.28. The van der Waals surface area contributed by atoms with Crippen LogP contribution in [0.4, 0.5) is 0 Å². The van der Waals surface area contributed by atoms with Gasteiger partial charge in [-0.25, -0.2) is 4.79 Å². The van der Waals surface area contributed by atoms with Crippen LogP contribution in [0.1, 0.15) is 27.8 Å².